The lowest BCUT2D eigenvalue weighted by atomic mass is 10.1. The Bertz CT molecular complexity index is 664. The Kier molecular flexibility index (Phi) is 10.2. The molecule has 27 heavy (non-hydrogen) atoms. The molecule has 2 aromatic rings. The highest BCUT2D eigenvalue weighted by Gasteiger charge is 2.26. The zero-order chi connectivity index (χ0) is 19.2. The van der Waals surface area contributed by atoms with Crippen molar-refractivity contribution in [2.75, 3.05) is 6.61 Å². The van der Waals surface area contributed by atoms with E-state index in [-0.39, 0.29) is 0 Å². The Morgan fingerprint density at radius 2 is 1.41 bits per heavy atom. The number of unbranched alkanes of at least 4 members (excludes halogenated alkanes) is 6. The van der Waals surface area contributed by atoms with Crippen molar-refractivity contribution in [3.63, 3.8) is 0 Å². The maximum atomic E-state index is 13.2. The van der Waals surface area contributed by atoms with Gasteiger partial charge in [0, 0.05) is 6.54 Å². The maximum absolute atomic E-state index is 13.2. The van der Waals surface area contributed by atoms with E-state index in [9.17, 15) is 4.57 Å². The molecule has 0 fully saturated rings. The largest absolute Gasteiger partial charge is 0.459 e. The van der Waals surface area contributed by atoms with Gasteiger partial charge in [0.1, 0.15) is 5.75 Å². The lowest BCUT2D eigenvalue weighted by Gasteiger charge is -2.20. The molecule has 5 heteroatoms. The Morgan fingerprint density at radius 1 is 0.815 bits per heavy atom. The summed E-state index contributed by atoms with van der Waals surface area (Å²) >= 11 is 0. The highest BCUT2D eigenvalue weighted by molar-refractivity contribution is 7.52. The minimum Gasteiger partial charge on any atom is -0.413 e. The van der Waals surface area contributed by atoms with Crippen LogP contribution in [0.5, 0.6) is 5.75 Å². The first-order chi connectivity index (χ1) is 13.2. The summed E-state index contributed by atoms with van der Waals surface area (Å²) in [6.45, 7) is 3.09. The van der Waals surface area contributed by atoms with E-state index in [1.165, 1.54) is 32.1 Å². The molecule has 0 aliphatic heterocycles. The van der Waals surface area contributed by atoms with Crippen molar-refractivity contribution in [1.82, 2.24) is 5.09 Å². The second-order valence-electron chi connectivity index (χ2n) is 6.68. The van der Waals surface area contributed by atoms with Crippen molar-refractivity contribution >= 4 is 7.75 Å². The van der Waals surface area contributed by atoms with Crippen molar-refractivity contribution in [3.8, 4) is 5.75 Å². The van der Waals surface area contributed by atoms with Gasteiger partial charge in [0.15, 0.2) is 0 Å². The molecule has 0 bridgehead atoms. The smallest absolute Gasteiger partial charge is 0.413 e. The number of nitrogens with one attached hydrogen (secondary N) is 1. The molecule has 1 atom stereocenters. The van der Waals surface area contributed by atoms with Gasteiger partial charge in [-0.3, -0.25) is 4.52 Å². The van der Waals surface area contributed by atoms with Crippen LogP contribution in [0, 0.1) is 0 Å². The highest BCUT2D eigenvalue weighted by Crippen LogP contribution is 2.44. The van der Waals surface area contributed by atoms with Crippen LogP contribution in [0.3, 0.4) is 0 Å². The van der Waals surface area contributed by atoms with Crippen LogP contribution >= 0.6 is 7.75 Å². The van der Waals surface area contributed by atoms with Gasteiger partial charge in [0.05, 0.1) is 6.61 Å². The van der Waals surface area contributed by atoms with Gasteiger partial charge in [-0.1, -0.05) is 94.0 Å². The topological polar surface area (TPSA) is 47.6 Å². The van der Waals surface area contributed by atoms with Crippen LogP contribution in [0.15, 0.2) is 60.7 Å². The van der Waals surface area contributed by atoms with Crippen molar-refractivity contribution in [2.24, 2.45) is 0 Å². The van der Waals surface area contributed by atoms with E-state index in [2.05, 4.69) is 12.0 Å². The predicted octanol–water partition coefficient (Wildman–Crippen LogP) is 6.73. The third-order valence-electron chi connectivity index (χ3n) is 4.30. The first-order valence-electron chi connectivity index (χ1n) is 10.00. The van der Waals surface area contributed by atoms with Gasteiger partial charge >= 0.3 is 7.75 Å². The Hall–Kier alpha value is -1.61. The Morgan fingerprint density at radius 3 is 2.07 bits per heavy atom. The maximum Gasteiger partial charge on any atom is 0.459 e. The predicted molar refractivity (Wildman–Crippen MR) is 112 cm³/mol. The number of hydrogen-bond donors (Lipinski definition) is 1. The molecule has 1 N–H and O–H groups in total. The fourth-order valence-electron chi connectivity index (χ4n) is 2.75. The minimum absolute atomic E-state index is 0.430. The molecule has 0 heterocycles. The van der Waals surface area contributed by atoms with E-state index in [4.69, 9.17) is 9.05 Å². The summed E-state index contributed by atoms with van der Waals surface area (Å²) in [7, 11) is -3.42. The van der Waals surface area contributed by atoms with Crippen LogP contribution in [-0.4, -0.2) is 6.61 Å². The SMILES string of the molecule is CCCCCCCCCOP(=O)(NCc1ccccc1)Oc1ccccc1. The van der Waals surface area contributed by atoms with Gasteiger partial charge in [-0.2, -0.15) is 0 Å². The quantitative estimate of drug-likeness (QED) is 0.287. The van der Waals surface area contributed by atoms with Crippen molar-refractivity contribution in [1.29, 1.82) is 0 Å². The lowest BCUT2D eigenvalue weighted by molar-refractivity contribution is 0.248. The second kappa shape index (κ2) is 12.7. The molecular formula is C22H32NO3P. The summed E-state index contributed by atoms with van der Waals surface area (Å²) < 4.78 is 24.6. The van der Waals surface area contributed by atoms with Crippen LogP contribution < -0.4 is 9.61 Å². The van der Waals surface area contributed by atoms with Gasteiger partial charge in [0.2, 0.25) is 0 Å². The average molecular weight is 389 g/mol. The molecule has 2 aromatic carbocycles. The zero-order valence-electron chi connectivity index (χ0n) is 16.3. The second-order valence-corrected chi connectivity index (χ2v) is 8.43. The first-order valence-corrected chi connectivity index (χ1v) is 11.5. The fraction of sp³-hybridized carbons (Fsp3) is 0.455. The molecule has 0 spiro atoms. The summed E-state index contributed by atoms with van der Waals surface area (Å²) in [6, 6.07) is 19.0. The molecule has 2 rings (SSSR count). The number of hydrogen-bond acceptors (Lipinski definition) is 3. The van der Waals surface area contributed by atoms with E-state index in [0.29, 0.717) is 18.9 Å². The van der Waals surface area contributed by atoms with E-state index >= 15 is 0 Å². The molecular weight excluding hydrogens is 357 g/mol. The van der Waals surface area contributed by atoms with Crippen molar-refractivity contribution < 1.29 is 13.6 Å². The molecule has 0 aromatic heterocycles. The van der Waals surface area contributed by atoms with Gasteiger partial charge in [-0.25, -0.2) is 9.65 Å². The zero-order valence-corrected chi connectivity index (χ0v) is 17.2. The normalized spacial score (nSPS) is 13.2. The van der Waals surface area contributed by atoms with Crippen LogP contribution in [0.25, 0.3) is 0 Å². The molecule has 0 saturated heterocycles. The number of para-hydroxylation sites is 1. The third-order valence-corrected chi connectivity index (χ3v) is 5.82. The summed E-state index contributed by atoms with van der Waals surface area (Å²) in [5.74, 6) is 0.543. The molecule has 0 radical (unpaired) electrons. The Balaban J connectivity index is 1.82. The standard InChI is InChI=1S/C22H32NO3P/c1-2-3-4-5-6-7-14-19-25-27(24,26-22-17-12-9-13-18-22)23-20-21-15-10-8-11-16-21/h8-13,15-18H,2-7,14,19-20H2,1H3,(H,23,24). The monoisotopic (exact) mass is 389 g/mol. The highest BCUT2D eigenvalue weighted by atomic mass is 31.2. The molecule has 0 aliphatic carbocycles. The summed E-state index contributed by atoms with van der Waals surface area (Å²) in [6.07, 6.45) is 8.31. The van der Waals surface area contributed by atoms with Crippen LogP contribution in [0.1, 0.15) is 57.4 Å². The molecule has 0 saturated carbocycles. The van der Waals surface area contributed by atoms with Crippen molar-refractivity contribution in [2.45, 2.75) is 58.4 Å². The summed E-state index contributed by atoms with van der Waals surface area (Å²) in [5, 5.41) is 2.99. The van der Waals surface area contributed by atoms with E-state index in [1.807, 2.05) is 48.5 Å². The van der Waals surface area contributed by atoms with Gasteiger partial charge in [-0.05, 0) is 24.1 Å². The van der Waals surface area contributed by atoms with E-state index in [1.54, 1.807) is 12.1 Å². The van der Waals surface area contributed by atoms with Crippen molar-refractivity contribution in [3.05, 3.63) is 66.2 Å². The minimum atomic E-state index is -3.42. The van der Waals surface area contributed by atoms with Gasteiger partial charge in [0.25, 0.3) is 0 Å². The number of rotatable bonds is 14. The molecule has 1 unspecified atom stereocenters. The molecule has 148 valence electrons. The lowest BCUT2D eigenvalue weighted by Crippen LogP contribution is -2.17. The summed E-state index contributed by atoms with van der Waals surface area (Å²) in [4.78, 5) is 0. The number of benzene rings is 2. The van der Waals surface area contributed by atoms with Gasteiger partial charge < -0.3 is 4.52 Å². The fourth-order valence-corrected chi connectivity index (χ4v) is 4.11. The summed E-state index contributed by atoms with van der Waals surface area (Å²) in [5.41, 5.74) is 1.04. The van der Waals surface area contributed by atoms with Gasteiger partial charge in [-0.15, -0.1) is 0 Å². The third kappa shape index (κ3) is 9.23. The first kappa shape index (κ1) is 21.7. The Labute approximate surface area is 163 Å². The van der Waals surface area contributed by atoms with E-state index in [0.717, 1.165) is 18.4 Å². The molecule has 0 amide bonds. The van der Waals surface area contributed by atoms with E-state index < -0.39 is 7.75 Å². The van der Waals surface area contributed by atoms with Crippen LogP contribution in [0.4, 0.5) is 0 Å². The molecule has 0 aliphatic rings. The molecule has 4 nitrogen and oxygen atoms in total. The van der Waals surface area contributed by atoms with Crippen LogP contribution in [-0.2, 0) is 15.6 Å². The van der Waals surface area contributed by atoms with Crippen LogP contribution in [0.2, 0.25) is 0 Å². The average Bonchev–Trinajstić information content (AvgIpc) is 2.70.